The van der Waals surface area contributed by atoms with E-state index in [0.717, 1.165) is 5.56 Å². The van der Waals surface area contributed by atoms with Gasteiger partial charge in [0.15, 0.2) is 11.3 Å². The SMILES string of the molecule is CCOC(=O)C(C(N)=O)=C(O)C(=O)C=C(O)c1ccc(C)cc1. The Balaban J connectivity index is 3.16. The Bertz CT molecular complexity index is 685. The molecule has 1 amide bonds. The number of nitrogens with two attached hydrogens (primary N) is 1. The molecule has 7 nitrogen and oxygen atoms in total. The van der Waals surface area contributed by atoms with Crippen molar-refractivity contribution in [2.24, 2.45) is 5.73 Å². The number of aryl methyl sites for hydroxylation is 1. The Morgan fingerprint density at radius 2 is 1.74 bits per heavy atom. The maximum atomic E-state index is 11.9. The van der Waals surface area contributed by atoms with E-state index < -0.39 is 34.8 Å². The minimum absolute atomic E-state index is 0.0679. The van der Waals surface area contributed by atoms with Crippen LogP contribution in [-0.4, -0.2) is 34.5 Å². The second kappa shape index (κ2) is 7.79. The molecule has 0 spiro atoms. The highest BCUT2D eigenvalue weighted by Crippen LogP contribution is 2.14. The van der Waals surface area contributed by atoms with Crippen LogP contribution in [-0.2, 0) is 19.1 Å². The van der Waals surface area contributed by atoms with E-state index in [1.165, 1.54) is 6.92 Å². The first-order valence-corrected chi connectivity index (χ1v) is 6.70. The number of benzene rings is 1. The molecule has 4 N–H and O–H groups in total. The fraction of sp³-hybridized carbons (Fsp3) is 0.188. The number of carbonyl (C=O) groups is 3. The van der Waals surface area contributed by atoms with E-state index in [4.69, 9.17) is 5.73 Å². The molecule has 1 aromatic rings. The summed E-state index contributed by atoms with van der Waals surface area (Å²) in [6, 6.07) is 6.56. The van der Waals surface area contributed by atoms with Gasteiger partial charge in [-0.15, -0.1) is 0 Å². The standard InChI is InChI=1S/C16H17NO6/c1-3-23-16(22)13(15(17)21)14(20)12(19)8-11(18)10-6-4-9(2)5-7-10/h4-8,18,20H,3H2,1-2H3,(H2,17,21). The number of ether oxygens (including phenoxy) is 1. The summed E-state index contributed by atoms with van der Waals surface area (Å²) in [5.74, 6) is -5.29. The minimum atomic E-state index is -1.31. The van der Waals surface area contributed by atoms with Gasteiger partial charge in [-0.25, -0.2) is 4.79 Å². The summed E-state index contributed by atoms with van der Waals surface area (Å²) in [6.45, 7) is 3.27. The number of amides is 1. The fourth-order valence-electron chi connectivity index (χ4n) is 1.64. The van der Waals surface area contributed by atoms with E-state index in [2.05, 4.69) is 4.74 Å². The van der Waals surface area contributed by atoms with Gasteiger partial charge in [0, 0.05) is 11.6 Å². The zero-order valence-electron chi connectivity index (χ0n) is 12.7. The van der Waals surface area contributed by atoms with Crippen LogP contribution < -0.4 is 5.73 Å². The molecule has 0 saturated heterocycles. The topological polar surface area (TPSA) is 127 Å². The first-order valence-electron chi connectivity index (χ1n) is 6.70. The van der Waals surface area contributed by atoms with Crippen molar-refractivity contribution in [1.82, 2.24) is 0 Å². The van der Waals surface area contributed by atoms with E-state index in [-0.39, 0.29) is 6.61 Å². The van der Waals surface area contributed by atoms with E-state index in [1.807, 2.05) is 6.92 Å². The van der Waals surface area contributed by atoms with Crippen LogP contribution in [0.15, 0.2) is 41.7 Å². The lowest BCUT2D eigenvalue weighted by atomic mass is 10.1. The van der Waals surface area contributed by atoms with Gasteiger partial charge in [0.05, 0.1) is 6.61 Å². The van der Waals surface area contributed by atoms with E-state index >= 15 is 0 Å². The second-order valence-corrected chi connectivity index (χ2v) is 4.57. The molecule has 0 bridgehead atoms. The number of carbonyl (C=O) groups excluding carboxylic acids is 3. The molecule has 1 aromatic carbocycles. The first-order chi connectivity index (χ1) is 10.8. The molecule has 7 heteroatoms. The van der Waals surface area contributed by atoms with Crippen molar-refractivity contribution >= 4 is 23.4 Å². The van der Waals surface area contributed by atoms with Crippen LogP contribution in [0.2, 0.25) is 0 Å². The fourth-order valence-corrected chi connectivity index (χ4v) is 1.64. The molecular weight excluding hydrogens is 302 g/mol. The molecule has 0 atom stereocenters. The third-order valence-electron chi connectivity index (χ3n) is 2.81. The Morgan fingerprint density at radius 3 is 2.22 bits per heavy atom. The number of allylic oxidation sites excluding steroid dienone is 1. The zero-order valence-corrected chi connectivity index (χ0v) is 12.7. The van der Waals surface area contributed by atoms with Crippen molar-refractivity contribution in [3.05, 3.63) is 52.8 Å². The summed E-state index contributed by atoms with van der Waals surface area (Å²) in [5, 5.41) is 19.6. The molecule has 0 unspecified atom stereocenters. The molecule has 0 aromatic heterocycles. The molecule has 122 valence electrons. The summed E-state index contributed by atoms with van der Waals surface area (Å²) < 4.78 is 4.55. The van der Waals surface area contributed by atoms with Gasteiger partial charge in [-0.1, -0.05) is 29.8 Å². The average Bonchev–Trinajstić information content (AvgIpc) is 2.47. The Kier molecular flexibility index (Phi) is 6.08. The van der Waals surface area contributed by atoms with Crippen molar-refractivity contribution < 1.29 is 29.3 Å². The van der Waals surface area contributed by atoms with Gasteiger partial charge < -0.3 is 20.7 Å². The van der Waals surface area contributed by atoms with Crippen LogP contribution in [0.3, 0.4) is 0 Å². The number of aliphatic hydroxyl groups is 2. The van der Waals surface area contributed by atoms with Crippen molar-refractivity contribution in [3.8, 4) is 0 Å². The highest BCUT2D eigenvalue weighted by atomic mass is 16.5. The van der Waals surface area contributed by atoms with Crippen LogP contribution in [0.4, 0.5) is 0 Å². The molecule has 0 aliphatic rings. The predicted octanol–water partition coefficient (Wildman–Crippen LogP) is 1.32. The van der Waals surface area contributed by atoms with Gasteiger partial charge in [0.2, 0.25) is 5.78 Å². The minimum Gasteiger partial charge on any atom is -0.507 e. The van der Waals surface area contributed by atoms with Crippen LogP contribution in [0.5, 0.6) is 0 Å². The lowest BCUT2D eigenvalue weighted by Crippen LogP contribution is -2.26. The number of ketones is 1. The molecule has 0 aliphatic carbocycles. The quantitative estimate of drug-likeness (QED) is 0.239. The summed E-state index contributed by atoms with van der Waals surface area (Å²) >= 11 is 0. The highest BCUT2D eigenvalue weighted by molar-refractivity contribution is 6.22. The van der Waals surface area contributed by atoms with Gasteiger partial charge in [0.1, 0.15) is 5.76 Å². The summed E-state index contributed by atoms with van der Waals surface area (Å²) in [7, 11) is 0. The molecule has 1 rings (SSSR count). The van der Waals surface area contributed by atoms with Crippen LogP contribution in [0.25, 0.3) is 5.76 Å². The molecule has 0 saturated carbocycles. The van der Waals surface area contributed by atoms with E-state index in [9.17, 15) is 24.6 Å². The lowest BCUT2D eigenvalue weighted by Gasteiger charge is -2.05. The number of aliphatic hydroxyl groups excluding tert-OH is 2. The Morgan fingerprint density at radius 1 is 1.17 bits per heavy atom. The van der Waals surface area contributed by atoms with E-state index in [0.29, 0.717) is 11.6 Å². The van der Waals surface area contributed by atoms with Gasteiger partial charge in [-0.2, -0.15) is 0 Å². The molecular formula is C16H17NO6. The molecule has 0 radical (unpaired) electrons. The second-order valence-electron chi connectivity index (χ2n) is 4.57. The van der Waals surface area contributed by atoms with Crippen LogP contribution >= 0.6 is 0 Å². The van der Waals surface area contributed by atoms with Gasteiger partial charge in [-0.3, -0.25) is 9.59 Å². The smallest absolute Gasteiger partial charge is 0.347 e. The maximum absolute atomic E-state index is 11.9. The monoisotopic (exact) mass is 319 g/mol. The number of hydrogen-bond acceptors (Lipinski definition) is 6. The zero-order chi connectivity index (χ0) is 17.6. The third-order valence-corrected chi connectivity index (χ3v) is 2.81. The molecule has 0 aliphatic heterocycles. The van der Waals surface area contributed by atoms with Gasteiger partial charge in [0.25, 0.3) is 5.91 Å². The van der Waals surface area contributed by atoms with Gasteiger partial charge in [-0.05, 0) is 13.8 Å². The van der Waals surface area contributed by atoms with E-state index in [1.54, 1.807) is 24.3 Å². The Labute approximate surface area is 132 Å². The Hall–Kier alpha value is -3.09. The van der Waals surface area contributed by atoms with Crippen molar-refractivity contribution in [3.63, 3.8) is 0 Å². The largest absolute Gasteiger partial charge is 0.507 e. The average molecular weight is 319 g/mol. The number of primary amides is 1. The van der Waals surface area contributed by atoms with Crippen LogP contribution in [0, 0.1) is 6.92 Å². The third kappa shape index (κ3) is 4.70. The molecule has 0 fully saturated rings. The summed E-state index contributed by atoms with van der Waals surface area (Å²) in [5.41, 5.74) is 5.28. The predicted molar refractivity (Wildman–Crippen MR) is 82.3 cm³/mol. The van der Waals surface area contributed by atoms with Crippen molar-refractivity contribution in [2.75, 3.05) is 6.61 Å². The molecule has 23 heavy (non-hydrogen) atoms. The molecule has 0 heterocycles. The highest BCUT2D eigenvalue weighted by Gasteiger charge is 2.26. The van der Waals surface area contributed by atoms with Crippen molar-refractivity contribution in [1.29, 1.82) is 0 Å². The number of rotatable bonds is 6. The normalized spacial score (nSPS) is 12.3. The van der Waals surface area contributed by atoms with Crippen molar-refractivity contribution in [2.45, 2.75) is 13.8 Å². The van der Waals surface area contributed by atoms with Crippen LogP contribution in [0.1, 0.15) is 18.1 Å². The summed E-state index contributed by atoms with van der Waals surface area (Å²) in [4.78, 5) is 34.7. The lowest BCUT2D eigenvalue weighted by molar-refractivity contribution is -0.140. The van der Waals surface area contributed by atoms with Gasteiger partial charge >= 0.3 is 5.97 Å². The first kappa shape index (κ1) is 18.0. The summed E-state index contributed by atoms with van der Waals surface area (Å²) in [6.07, 6.45) is 0.683. The maximum Gasteiger partial charge on any atom is 0.347 e. The number of hydrogen-bond donors (Lipinski definition) is 3. The number of esters is 1.